The van der Waals surface area contributed by atoms with Crippen LogP contribution in [0.5, 0.6) is 5.75 Å². The highest BCUT2D eigenvalue weighted by Crippen LogP contribution is 2.58. The topological polar surface area (TPSA) is 61.7 Å². The number of phenols is 1. The molecule has 0 spiro atoms. The van der Waals surface area contributed by atoms with E-state index < -0.39 is 0 Å². The molecule has 0 saturated heterocycles. The Morgan fingerprint density at radius 3 is 2.19 bits per heavy atom. The first-order valence-corrected chi connectivity index (χ1v) is 8.93. The number of hydrazone groups is 1. The Morgan fingerprint density at radius 1 is 0.963 bits per heavy atom. The molecule has 0 radical (unpaired) electrons. The summed E-state index contributed by atoms with van der Waals surface area (Å²) in [5.41, 5.74) is 5.38. The van der Waals surface area contributed by atoms with E-state index in [0.29, 0.717) is 0 Å². The molecule has 1 aliphatic carbocycles. The van der Waals surface area contributed by atoms with Gasteiger partial charge in [0.2, 0.25) is 5.91 Å². The van der Waals surface area contributed by atoms with Crippen LogP contribution in [0.25, 0.3) is 0 Å². The standard InChI is InChI=1S/C23H20N2O2/c26-20-13-7-8-17(14-20)16-24-25-22(27)21-15-23(21,18-9-3-1-4-10-18)19-11-5-2-6-12-19/h1-14,16,21,26H,15H2,(H,25,27)/b24-16-/t21-/m1/s1. The van der Waals surface area contributed by atoms with Gasteiger partial charge < -0.3 is 5.11 Å². The van der Waals surface area contributed by atoms with E-state index in [1.165, 1.54) is 6.21 Å². The number of nitrogens with zero attached hydrogens (tertiary/aromatic N) is 1. The number of nitrogens with one attached hydrogen (secondary N) is 1. The van der Waals surface area contributed by atoms with Crippen molar-refractivity contribution in [3.63, 3.8) is 0 Å². The van der Waals surface area contributed by atoms with E-state index >= 15 is 0 Å². The molecule has 0 unspecified atom stereocenters. The van der Waals surface area contributed by atoms with Gasteiger partial charge in [0.05, 0.1) is 12.1 Å². The normalized spacial score (nSPS) is 17.6. The summed E-state index contributed by atoms with van der Waals surface area (Å²) in [5.74, 6) is -0.0950. The molecule has 1 aliphatic rings. The van der Waals surface area contributed by atoms with E-state index in [9.17, 15) is 9.90 Å². The van der Waals surface area contributed by atoms with Crippen LogP contribution in [0.4, 0.5) is 0 Å². The first-order valence-electron chi connectivity index (χ1n) is 8.93. The van der Waals surface area contributed by atoms with Gasteiger partial charge in [-0.25, -0.2) is 5.43 Å². The second-order valence-corrected chi connectivity index (χ2v) is 6.79. The summed E-state index contributed by atoms with van der Waals surface area (Å²) in [6.45, 7) is 0. The lowest BCUT2D eigenvalue weighted by atomic mass is 9.85. The number of hydrogen-bond acceptors (Lipinski definition) is 3. The highest BCUT2D eigenvalue weighted by Gasteiger charge is 2.60. The third kappa shape index (κ3) is 3.34. The number of carbonyl (C=O) groups is 1. The van der Waals surface area contributed by atoms with Gasteiger partial charge >= 0.3 is 0 Å². The zero-order valence-electron chi connectivity index (χ0n) is 14.7. The fourth-order valence-corrected chi connectivity index (χ4v) is 3.71. The van der Waals surface area contributed by atoms with Crippen molar-refractivity contribution in [1.82, 2.24) is 5.43 Å². The lowest BCUT2D eigenvalue weighted by molar-refractivity contribution is -0.122. The number of hydrogen-bond donors (Lipinski definition) is 2. The van der Waals surface area contributed by atoms with E-state index in [2.05, 4.69) is 34.8 Å². The van der Waals surface area contributed by atoms with E-state index in [-0.39, 0.29) is 23.0 Å². The summed E-state index contributed by atoms with van der Waals surface area (Å²) < 4.78 is 0. The molecule has 4 heteroatoms. The molecule has 134 valence electrons. The van der Waals surface area contributed by atoms with Crippen LogP contribution in [0.2, 0.25) is 0 Å². The molecule has 0 bridgehead atoms. The van der Waals surface area contributed by atoms with Gasteiger partial charge in [0.15, 0.2) is 0 Å². The molecule has 1 saturated carbocycles. The number of aromatic hydroxyl groups is 1. The van der Waals surface area contributed by atoms with Crippen LogP contribution in [0.15, 0.2) is 90.0 Å². The van der Waals surface area contributed by atoms with Gasteiger partial charge in [0, 0.05) is 5.41 Å². The lowest BCUT2D eigenvalue weighted by Gasteiger charge is -2.18. The minimum atomic E-state index is -0.298. The van der Waals surface area contributed by atoms with E-state index in [0.717, 1.165) is 23.1 Å². The zero-order chi connectivity index (χ0) is 18.7. The minimum absolute atomic E-state index is 0.0980. The van der Waals surface area contributed by atoms with Gasteiger partial charge in [-0.05, 0) is 35.2 Å². The Morgan fingerprint density at radius 2 is 1.59 bits per heavy atom. The summed E-state index contributed by atoms with van der Waals surface area (Å²) in [4.78, 5) is 12.8. The second-order valence-electron chi connectivity index (χ2n) is 6.79. The van der Waals surface area contributed by atoms with Crippen LogP contribution in [0.3, 0.4) is 0 Å². The fraction of sp³-hybridized carbons (Fsp3) is 0.130. The summed E-state index contributed by atoms with van der Waals surface area (Å²) in [5, 5.41) is 13.6. The summed E-state index contributed by atoms with van der Waals surface area (Å²) >= 11 is 0. The van der Waals surface area contributed by atoms with Crippen molar-refractivity contribution in [2.24, 2.45) is 11.0 Å². The molecule has 1 atom stereocenters. The maximum absolute atomic E-state index is 12.8. The van der Waals surface area contributed by atoms with Crippen molar-refractivity contribution in [2.75, 3.05) is 0 Å². The van der Waals surface area contributed by atoms with Crippen LogP contribution in [0, 0.1) is 5.92 Å². The highest BCUT2D eigenvalue weighted by molar-refractivity contribution is 5.87. The summed E-state index contributed by atoms with van der Waals surface area (Å²) in [7, 11) is 0. The molecule has 0 aliphatic heterocycles. The Balaban J connectivity index is 1.54. The molecule has 2 N–H and O–H groups in total. The molecule has 0 aromatic heterocycles. The first-order chi connectivity index (χ1) is 13.2. The molecule has 3 aromatic rings. The van der Waals surface area contributed by atoms with Crippen molar-refractivity contribution in [3.05, 3.63) is 102 Å². The van der Waals surface area contributed by atoms with Crippen LogP contribution in [0.1, 0.15) is 23.1 Å². The molecule has 27 heavy (non-hydrogen) atoms. The van der Waals surface area contributed by atoms with Gasteiger partial charge in [0.25, 0.3) is 0 Å². The zero-order valence-corrected chi connectivity index (χ0v) is 14.7. The predicted molar refractivity (Wildman–Crippen MR) is 106 cm³/mol. The van der Waals surface area contributed by atoms with Gasteiger partial charge in [0.1, 0.15) is 5.75 Å². The molecule has 0 heterocycles. The predicted octanol–water partition coefficient (Wildman–Crippen LogP) is 3.85. The fourth-order valence-electron chi connectivity index (χ4n) is 3.71. The number of carbonyl (C=O) groups excluding carboxylic acids is 1. The maximum atomic E-state index is 12.8. The molecule has 4 nitrogen and oxygen atoms in total. The summed E-state index contributed by atoms with van der Waals surface area (Å²) in [6.07, 6.45) is 2.29. The Hall–Kier alpha value is -3.40. The van der Waals surface area contributed by atoms with Crippen LogP contribution < -0.4 is 5.43 Å². The minimum Gasteiger partial charge on any atom is -0.508 e. The number of benzene rings is 3. The van der Waals surface area contributed by atoms with Gasteiger partial charge in [-0.1, -0.05) is 72.8 Å². The van der Waals surface area contributed by atoms with Crippen molar-refractivity contribution < 1.29 is 9.90 Å². The third-order valence-electron chi connectivity index (χ3n) is 5.11. The molecular formula is C23H20N2O2. The smallest absolute Gasteiger partial charge is 0.244 e. The molecular weight excluding hydrogens is 336 g/mol. The molecule has 1 amide bonds. The van der Waals surface area contributed by atoms with Gasteiger partial charge in [-0.15, -0.1) is 0 Å². The van der Waals surface area contributed by atoms with E-state index in [1.807, 2.05) is 42.5 Å². The SMILES string of the molecule is O=C(N/N=C\c1cccc(O)c1)[C@H]1CC1(c1ccccc1)c1ccccc1. The Kier molecular flexibility index (Phi) is 4.47. The quantitative estimate of drug-likeness (QED) is 0.539. The molecule has 3 aromatic carbocycles. The van der Waals surface area contributed by atoms with Crippen LogP contribution >= 0.6 is 0 Å². The Labute approximate surface area is 158 Å². The monoisotopic (exact) mass is 356 g/mol. The Bertz CT molecular complexity index is 928. The van der Waals surface area contributed by atoms with E-state index in [1.54, 1.807) is 18.2 Å². The second kappa shape index (κ2) is 7.08. The van der Waals surface area contributed by atoms with Crippen molar-refractivity contribution >= 4 is 12.1 Å². The van der Waals surface area contributed by atoms with E-state index in [4.69, 9.17) is 0 Å². The number of phenolic OH excluding ortho intramolecular Hbond substituents is 1. The van der Waals surface area contributed by atoms with Crippen LogP contribution in [-0.4, -0.2) is 17.2 Å². The summed E-state index contributed by atoms with van der Waals surface area (Å²) in [6, 6.07) is 27.0. The van der Waals surface area contributed by atoms with Crippen molar-refractivity contribution in [3.8, 4) is 5.75 Å². The lowest BCUT2D eigenvalue weighted by Crippen LogP contribution is -2.25. The average molecular weight is 356 g/mol. The van der Waals surface area contributed by atoms with Gasteiger partial charge in [-0.3, -0.25) is 4.79 Å². The average Bonchev–Trinajstić information content (AvgIpc) is 3.47. The molecule has 4 rings (SSSR count). The molecule has 1 fully saturated rings. The van der Waals surface area contributed by atoms with Crippen molar-refractivity contribution in [2.45, 2.75) is 11.8 Å². The maximum Gasteiger partial charge on any atom is 0.244 e. The highest BCUT2D eigenvalue weighted by atomic mass is 16.3. The number of rotatable bonds is 5. The third-order valence-corrected chi connectivity index (χ3v) is 5.11. The van der Waals surface area contributed by atoms with Crippen LogP contribution in [-0.2, 0) is 10.2 Å². The number of amides is 1. The van der Waals surface area contributed by atoms with Crippen molar-refractivity contribution in [1.29, 1.82) is 0 Å². The largest absolute Gasteiger partial charge is 0.508 e. The van der Waals surface area contributed by atoms with Gasteiger partial charge in [-0.2, -0.15) is 5.10 Å². The first kappa shape index (κ1) is 17.0.